The van der Waals surface area contributed by atoms with Crippen LogP contribution in [0.1, 0.15) is 45.1 Å². The zero-order chi connectivity index (χ0) is 17.2. The van der Waals surface area contributed by atoms with Crippen LogP contribution in [0.4, 0.5) is 0 Å². The molecule has 1 aromatic carbocycles. The minimum atomic E-state index is -1.14. The molecule has 1 saturated heterocycles. The third kappa shape index (κ3) is 3.67. The minimum absolute atomic E-state index is 0.146. The molecule has 3 N–H and O–H groups in total. The van der Waals surface area contributed by atoms with Crippen molar-refractivity contribution in [3.8, 4) is 0 Å². The largest absolute Gasteiger partial charge is 0.388 e. The highest BCUT2D eigenvalue weighted by Gasteiger charge is 2.46. The number of nitrogens with one attached hydrogen (secondary N) is 1. The molecule has 0 amide bonds. The van der Waals surface area contributed by atoms with Crippen LogP contribution in [-0.4, -0.2) is 52.9 Å². The lowest BCUT2D eigenvalue weighted by molar-refractivity contribution is -0.130. The summed E-state index contributed by atoms with van der Waals surface area (Å²) in [5, 5.41) is 26.2. The molecule has 4 heteroatoms. The predicted molar refractivity (Wildman–Crippen MR) is 96.8 cm³/mol. The summed E-state index contributed by atoms with van der Waals surface area (Å²) in [6.07, 6.45) is 3.52. The minimum Gasteiger partial charge on any atom is -0.388 e. The summed E-state index contributed by atoms with van der Waals surface area (Å²) in [5.41, 5.74) is -0.282. The molecule has 0 aromatic heterocycles. The monoisotopic (exact) mass is 332 g/mol. The van der Waals surface area contributed by atoms with Gasteiger partial charge in [-0.3, -0.25) is 4.90 Å². The second-order valence-electron chi connectivity index (χ2n) is 7.88. The lowest BCUT2D eigenvalue weighted by Gasteiger charge is -2.43. The average molecular weight is 332 g/mol. The van der Waals surface area contributed by atoms with Gasteiger partial charge in [0.15, 0.2) is 0 Å². The highest BCUT2D eigenvalue weighted by atomic mass is 16.3. The first-order valence-electron chi connectivity index (χ1n) is 9.44. The van der Waals surface area contributed by atoms with E-state index in [9.17, 15) is 10.2 Å². The molecular weight excluding hydrogens is 300 g/mol. The van der Waals surface area contributed by atoms with Crippen molar-refractivity contribution in [3.05, 3.63) is 35.9 Å². The number of hydrogen-bond acceptors (Lipinski definition) is 4. The molecule has 4 nitrogen and oxygen atoms in total. The Kier molecular flexibility index (Phi) is 5.60. The van der Waals surface area contributed by atoms with E-state index in [1.54, 1.807) is 0 Å². The summed E-state index contributed by atoms with van der Waals surface area (Å²) >= 11 is 0. The van der Waals surface area contributed by atoms with E-state index >= 15 is 0 Å². The van der Waals surface area contributed by atoms with Crippen LogP contribution < -0.4 is 5.32 Å². The highest BCUT2D eigenvalue weighted by molar-refractivity contribution is 5.25. The van der Waals surface area contributed by atoms with Gasteiger partial charge in [0.2, 0.25) is 0 Å². The van der Waals surface area contributed by atoms with Crippen LogP contribution in [0.3, 0.4) is 0 Å². The number of hydrogen-bond donors (Lipinski definition) is 3. The van der Waals surface area contributed by atoms with E-state index in [1.165, 1.54) is 0 Å². The van der Waals surface area contributed by atoms with E-state index in [0.29, 0.717) is 18.6 Å². The van der Waals surface area contributed by atoms with Crippen LogP contribution in [0.25, 0.3) is 0 Å². The molecule has 4 unspecified atom stereocenters. The fourth-order valence-corrected chi connectivity index (χ4v) is 4.74. The van der Waals surface area contributed by atoms with Gasteiger partial charge in [-0.05, 0) is 38.2 Å². The number of aliphatic hydroxyl groups is 2. The third-order valence-electron chi connectivity index (χ3n) is 5.79. The standard InChI is InChI=1S/C20H32N2O2/c1-15-12-22(13-16(2)21-15)14-19(23)20(24,18-10-6-7-11-18)17-8-4-3-5-9-17/h3-5,8-9,15-16,18-19,21,23-24H,6-7,10-14H2,1-2H3. The lowest BCUT2D eigenvalue weighted by atomic mass is 9.76. The number of rotatable bonds is 5. The molecule has 134 valence electrons. The average Bonchev–Trinajstić information content (AvgIpc) is 3.08. The maximum absolute atomic E-state index is 11.6. The van der Waals surface area contributed by atoms with E-state index in [-0.39, 0.29) is 5.92 Å². The van der Waals surface area contributed by atoms with Crippen molar-refractivity contribution in [1.29, 1.82) is 0 Å². The van der Waals surface area contributed by atoms with Gasteiger partial charge < -0.3 is 15.5 Å². The van der Waals surface area contributed by atoms with E-state index < -0.39 is 11.7 Å². The van der Waals surface area contributed by atoms with Crippen LogP contribution in [0.15, 0.2) is 30.3 Å². The Bertz CT molecular complexity index is 508. The van der Waals surface area contributed by atoms with Crippen LogP contribution >= 0.6 is 0 Å². The molecule has 2 aliphatic rings. The normalized spacial score (nSPS) is 30.2. The zero-order valence-electron chi connectivity index (χ0n) is 15.0. The van der Waals surface area contributed by atoms with Gasteiger partial charge in [0.05, 0.1) is 6.10 Å². The third-order valence-corrected chi connectivity index (χ3v) is 5.79. The van der Waals surface area contributed by atoms with E-state index in [0.717, 1.165) is 44.3 Å². The smallest absolute Gasteiger partial charge is 0.119 e. The Hall–Kier alpha value is -0.940. The predicted octanol–water partition coefficient (Wildman–Crippen LogP) is 2.11. The van der Waals surface area contributed by atoms with Crippen molar-refractivity contribution in [1.82, 2.24) is 10.2 Å². The van der Waals surface area contributed by atoms with Gasteiger partial charge >= 0.3 is 0 Å². The van der Waals surface area contributed by atoms with Gasteiger partial charge in [0.25, 0.3) is 0 Å². The topological polar surface area (TPSA) is 55.7 Å². The van der Waals surface area contributed by atoms with Crippen molar-refractivity contribution in [2.75, 3.05) is 19.6 Å². The van der Waals surface area contributed by atoms with Crippen LogP contribution in [0.5, 0.6) is 0 Å². The van der Waals surface area contributed by atoms with Crippen LogP contribution in [-0.2, 0) is 5.60 Å². The molecule has 24 heavy (non-hydrogen) atoms. The van der Waals surface area contributed by atoms with Crippen molar-refractivity contribution in [2.45, 2.75) is 63.3 Å². The summed E-state index contributed by atoms with van der Waals surface area (Å²) in [5.74, 6) is 0.146. The summed E-state index contributed by atoms with van der Waals surface area (Å²) in [6, 6.07) is 10.6. The molecule has 0 bridgehead atoms. The first-order chi connectivity index (χ1) is 11.5. The second kappa shape index (κ2) is 7.52. The Balaban J connectivity index is 1.80. The lowest BCUT2D eigenvalue weighted by Crippen LogP contribution is -2.58. The molecule has 2 fully saturated rings. The quantitative estimate of drug-likeness (QED) is 0.773. The summed E-state index contributed by atoms with van der Waals surface area (Å²) in [7, 11) is 0. The van der Waals surface area contributed by atoms with Crippen LogP contribution in [0, 0.1) is 5.92 Å². The Labute approximate surface area is 145 Å². The molecule has 4 atom stereocenters. The molecule has 1 saturated carbocycles. The molecule has 0 spiro atoms. The van der Waals surface area contributed by atoms with Gasteiger partial charge in [-0.1, -0.05) is 43.2 Å². The Morgan fingerprint density at radius 1 is 1.12 bits per heavy atom. The fourth-order valence-electron chi connectivity index (χ4n) is 4.74. The molecule has 1 aromatic rings. The fraction of sp³-hybridized carbons (Fsp3) is 0.700. The summed E-state index contributed by atoms with van der Waals surface area (Å²) in [6.45, 7) is 6.71. The molecular formula is C20H32N2O2. The molecule has 1 aliphatic heterocycles. The molecule has 1 aliphatic carbocycles. The Morgan fingerprint density at radius 2 is 1.71 bits per heavy atom. The van der Waals surface area contributed by atoms with Gasteiger partial charge in [-0.15, -0.1) is 0 Å². The highest BCUT2D eigenvalue weighted by Crippen LogP contribution is 2.43. The van der Waals surface area contributed by atoms with Crippen molar-refractivity contribution in [3.63, 3.8) is 0 Å². The number of aliphatic hydroxyl groups excluding tert-OH is 1. The maximum atomic E-state index is 11.6. The SMILES string of the molecule is CC1CN(CC(O)C(O)(c2ccccc2)C2CCCC2)CC(C)N1. The van der Waals surface area contributed by atoms with Crippen LogP contribution in [0.2, 0.25) is 0 Å². The first-order valence-corrected chi connectivity index (χ1v) is 9.44. The maximum Gasteiger partial charge on any atom is 0.119 e. The zero-order valence-corrected chi connectivity index (χ0v) is 15.0. The van der Waals surface area contributed by atoms with Crippen molar-refractivity contribution < 1.29 is 10.2 Å². The summed E-state index contributed by atoms with van der Waals surface area (Å²) in [4.78, 5) is 2.29. The van der Waals surface area contributed by atoms with Gasteiger partial charge in [0, 0.05) is 31.7 Å². The first kappa shape index (κ1) is 17.9. The van der Waals surface area contributed by atoms with Gasteiger partial charge in [-0.2, -0.15) is 0 Å². The van der Waals surface area contributed by atoms with Crippen molar-refractivity contribution >= 4 is 0 Å². The number of piperazine rings is 1. The van der Waals surface area contributed by atoms with Gasteiger partial charge in [-0.25, -0.2) is 0 Å². The van der Waals surface area contributed by atoms with E-state index in [1.807, 2.05) is 30.3 Å². The number of benzene rings is 1. The number of β-amino-alcohol motifs (C(OH)–C–C–N with tert-alkyl or cyclic N) is 1. The number of nitrogens with zero attached hydrogens (tertiary/aromatic N) is 1. The van der Waals surface area contributed by atoms with Crippen molar-refractivity contribution in [2.24, 2.45) is 5.92 Å². The summed E-state index contributed by atoms with van der Waals surface area (Å²) < 4.78 is 0. The molecule has 0 radical (unpaired) electrons. The van der Waals surface area contributed by atoms with E-state index in [2.05, 4.69) is 24.1 Å². The molecule has 1 heterocycles. The van der Waals surface area contributed by atoms with E-state index in [4.69, 9.17) is 0 Å². The Morgan fingerprint density at radius 3 is 2.29 bits per heavy atom. The second-order valence-corrected chi connectivity index (χ2v) is 7.88. The molecule has 3 rings (SSSR count). The van der Waals surface area contributed by atoms with Gasteiger partial charge in [0.1, 0.15) is 5.60 Å².